The fourth-order valence-corrected chi connectivity index (χ4v) is 3.22. The molecule has 0 atom stereocenters. The Morgan fingerprint density at radius 1 is 1.30 bits per heavy atom. The third-order valence-electron chi connectivity index (χ3n) is 4.63. The molecule has 1 N–H and O–H groups in total. The van der Waals surface area contributed by atoms with Gasteiger partial charge >= 0.3 is 5.97 Å². The van der Waals surface area contributed by atoms with E-state index in [2.05, 4.69) is 4.90 Å². The summed E-state index contributed by atoms with van der Waals surface area (Å²) >= 11 is 0. The number of carbonyl (C=O) groups is 1. The molecule has 0 radical (unpaired) electrons. The predicted octanol–water partition coefficient (Wildman–Crippen LogP) is 3.00. The molecule has 1 heterocycles. The molecule has 0 spiro atoms. The van der Waals surface area contributed by atoms with E-state index in [4.69, 9.17) is 5.11 Å². The van der Waals surface area contributed by atoms with E-state index in [1.807, 2.05) is 12.1 Å². The summed E-state index contributed by atoms with van der Waals surface area (Å²) in [6.07, 6.45) is 3.69. The highest BCUT2D eigenvalue weighted by atomic mass is 19.1. The molecule has 3 rings (SSSR count). The van der Waals surface area contributed by atoms with Crippen molar-refractivity contribution in [2.45, 2.75) is 38.1 Å². The van der Waals surface area contributed by atoms with E-state index >= 15 is 0 Å². The second kappa shape index (κ2) is 5.52. The second-order valence-electron chi connectivity index (χ2n) is 6.04. The van der Waals surface area contributed by atoms with Gasteiger partial charge in [0.2, 0.25) is 0 Å². The van der Waals surface area contributed by atoms with Crippen molar-refractivity contribution in [2.75, 3.05) is 13.1 Å². The molecule has 4 heteroatoms. The van der Waals surface area contributed by atoms with Gasteiger partial charge in [-0.3, -0.25) is 9.69 Å². The van der Waals surface area contributed by atoms with Gasteiger partial charge in [0.15, 0.2) is 0 Å². The molecule has 108 valence electrons. The molecule has 0 amide bonds. The number of carboxylic acids is 1. The fraction of sp³-hybridized carbons (Fsp3) is 0.562. The first kappa shape index (κ1) is 13.6. The first-order valence-corrected chi connectivity index (χ1v) is 7.37. The third-order valence-corrected chi connectivity index (χ3v) is 4.63. The average molecular weight is 277 g/mol. The van der Waals surface area contributed by atoms with Gasteiger partial charge in [-0.25, -0.2) is 4.39 Å². The van der Waals surface area contributed by atoms with Crippen LogP contribution >= 0.6 is 0 Å². The molecule has 0 bridgehead atoms. The maximum absolute atomic E-state index is 14.1. The van der Waals surface area contributed by atoms with Crippen LogP contribution in [0.4, 0.5) is 4.39 Å². The molecule has 1 aromatic carbocycles. The Balaban J connectivity index is 1.64. The number of hydrogen-bond acceptors (Lipinski definition) is 2. The lowest BCUT2D eigenvalue weighted by Gasteiger charge is -2.32. The van der Waals surface area contributed by atoms with E-state index in [9.17, 15) is 9.18 Å². The van der Waals surface area contributed by atoms with Gasteiger partial charge in [0.25, 0.3) is 0 Å². The van der Waals surface area contributed by atoms with E-state index < -0.39 is 5.97 Å². The summed E-state index contributed by atoms with van der Waals surface area (Å²) in [6, 6.07) is 5.45. The lowest BCUT2D eigenvalue weighted by Crippen LogP contribution is -2.28. The van der Waals surface area contributed by atoms with Crippen LogP contribution < -0.4 is 0 Å². The van der Waals surface area contributed by atoms with Gasteiger partial charge in [-0.15, -0.1) is 0 Å². The Bertz CT molecular complexity index is 505. The zero-order valence-electron chi connectivity index (χ0n) is 11.5. The Morgan fingerprint density at radius 3 is 2.60 bits per heavy atom. The normalized spacial score (nSPS) is 26.4. The first-order chi connectivity index (χ1) is 9.63. The molecular formula is C16H20FNO2. The van der Waals surface area contributed by atoms with Gasteiger partial charge in [-0.2, -0.15) is 0 Å². The molecule has 1 saturated carbocycles. The zero-order chi connectivity index (χ0) is 14.1. The van der Waals surface area contributed by atoms with Crippen LogP contribution in [0, 0.1) is 11.7 Å². The van der Waals surface area contributed by atoms with Crippen LogP contribution in [0.3, 0.4) is 0 Å². The lowest BCUT2D eigenvalue weighted by atomic mass is 9.71. The van der Waals surface area contributed by atoms with Crippen LogP contribution in [0.25, 0.3) is 0 Å². The number of hydrogen-bond donors (Lipinski definition) is 1. The highest BCUT2D eigenvalue weighted by Gasteiger charge is 2.35. The minimum Gasteiger partial charge on any atom is -0.481 e. The molecule has 1 saturated heterocycles. The van der Waals surface area contributed by atoms with Gasteiger partial charge in [0.1, 0.15) is 5.82 Å². The number of carboxylic acid groups (broad SMARTS) is 1. The smallest absolute Gasteiger partial charge is 0.306 e. The molecule has 2 fully saturated rings. The van der Waals surface area contributed by atoms with Crippen LogP contribution in [0.2, 0.25) is 0 Å². The van der Waals surface area contributed by atoms with Gasteiger partial charge in [0.05, 0.1) is 5.92 Å². The van der Waals surface area contributed by atoms with Crippen molar-refractivity contribution >= 4 is 5.97 Å². The van der Waals surface area contributed by atoms with Crippen LogP contribution in [0.15, 0.2) is 18.2 Å². The maximum atomic E-state index is 14.1. The number of likely N-dealkylation sites (tertiary alicyclic amines) is 1. The lowest BCUT2D eigenvalue weighted by molar-refractivity contribution is -0.145. The topological polar surface area (TPSA) is 40.5 Å². The van der Waals surface area contributed by atoms with Crippen molar-refractivity contribution < 1.29 is 14.3 Å². The van der Waals surface area contributed by atoms with E-state index in [0.717, 1.165) is 24.2 Å². The zero-order valence-corrected chi connectivity index (χ0v) is 11.5. The Morgan fingerprint density at radius 2 is 2.00 bits per heavy atom. The average Bonchev–Trinajstić information content (AvgIpc) is 2.83. The summed E-state index contributed by atoms with van der Waals surface area (Å²) in [5.74, 6) is -0.903. The summed E-state index contributed by atoms with van der Waals surface area (Å²) in [6.45, 7) is 2.81. The Kier molecular flexibility index (Phi) is 3.74. The molecule has 3 nitrogen and oxygen atoms in total. The molecule has 1 aliphatic carbocycles. The summed E-state index contributed by atoms with van der Waals surface area (Å²) in [4.78, 5) is 13.1. The van der Waals surface area contributed by atoms with E-state index in [1.165, 1.54) is 12.8 Å². The Hall–Kier alpha value is -1.42. The standard InChI is InChI=1S/C16H20FNO2/c17-15-9-11(13-7-14(8-13)16(19)20)3-4-12(15)10-18-5-1-2-6-18/h3-4,9,13-14H,1-2,5-8,10H2,(H,19,20). The summed E-state index contributed by atoms with van der Waals surface area (Å²) < 4.78 is 14.1. The van der Waals surface area contributed by atoms with Crippen molar-refractivity contribution in [1.82, 2.24) is 4.90 Å². The number of rotatable bonds is 4. The molecule has 2 aliphatic rings. The largest absolute Gasteiger partial charge is 0.481 e. The number of nitrogens with zero attached hydrogens (tertiary/aromatic N) is 1. The van der Waals surface area contributed by atoms with Crippen LogP contribution in [-0.4, -0.2) is 29.1 Å². The summed E-state index contributed by atoms with van der Waals surface area (Å²) in [7, 11) is 0. The minimum atomic E-state index is -0.729. The van der Waals surface area contributed by atoms with Crippen molar-refractivity contribution in [2.24, 2.45) is 5.92 Å². The molecular weight excluding hydrogens is 257 g/mol. The second-order valence-corrected chi connectivity index (χ2v) is 6.04. The molecule has 0 aromatic heterocycles. The van der Waals surface area contributed by atoms with E-state index in [-0.39, 0.29) is 17.7 Å². The van der Waals surface area contributed by atoms with Gasteiger partial charge in [0, 0.05) is 12.1 Å². The summed E-state index contributed by atoms with van der Waals surface area (Å²) in [5, 5.41) is 8.88. The number of aliphatic carboxylic acids is 1. The van der Waals surface area contributed by atoms with Gasteiger partial charge in [-0.05, 0) is 56.3 Å². The number of halogens is 1. The van der Waals surface area contributed by atoms with Crippen molar-refractivity contribution in [3.63, 3.8) is 0 Å². The van der Waals surface area contributed by atoms with E-state index in [1.54, 1.807) is 6.07 Å². The SMILES string of the molecule is O=C(O)C1CC(c2ccc(CN3CCCC3)c(F)c2)C1. The van der Waals surface area contributed by atoms with Crippen LogP contribution in [0.1, 0.15) is 42.7 Å². The highest BCUT2D eigenvalue weighted by Crippen LogP contribution is 2.42. The van der Waals surface area contributed by atoms with Gasteiger partial charge < -0.3 is 5.11 Å². The van der Waals surface area contributed by atoms with Crippen molar-refractivity contribution in [3.05, 3.63) is 35.1 Å². The fourth-order valence-electron chi connectivity index (χ4n) is 3.22. The Labute approximate surface area is 118 Å². The van der Waals surface area contributed by atoms with Crippen molar-refractivity contribution in [3.8, 4) is 0 Å². The predicted molar refractivity (Wildman–Crippen MR) is 74.0 cm³/mol. The maximum Gasteiger partial charge on any atom is 0.306 e. The quantitative estimate of drug-likeness (QED) is 0.919. The molecule has 1 aromatic rings. The number of benzene rings is 1. The van der Waals surface area contributed by atoms with E-state index in [0.29, 0.717) is 19.4 Å². The molecule has 0 unspecified atom stereocenters. The van der Waals surface area contributed by atoms with Crippen LogP contribution in [-0.2, 0) is 11.3 Å². The minimum absolute atomic E-state index is 0.145. The highest BCUT2D eigenvalue weighted by molar-refractivity contribution is 5.71. The van der Waals surface area contributed by atoms with Gasteiger partial charge in [-0.1, -0.05) is 12.1 Å². The monoisotopic (exact) mass is 277 g/mol. The summed E-state index contributed by atoms with van der Waals surface area (Å²) in [5.41, 5.74) is 1.70. The third kappa shape index (κ3) is 2.70. The molecule has 20 heavy (non-hydrogen) atoms. The first-order valence-electron chi connectivity index (χ1n) is 7.37. The van der Waals surface area contributed by atoms with Crippen molar-refractivity contribution in [1.29, 1.82) is 0 Å². The molecule has 1 aliphatic heterocycles. The van der Waals surface area contributed by atoms with Crippen LogP contribution in [0.5, 0.6) is 0 Å².